The maximum Gasteiger partial charge on any atom is 0.130 e. The Balaban J connectivity index is 2.35. The fourth-order valence-electron chi connectivity index (χ4n) is 1.08. The van der Waals surface area contributed by atoms with E-state index in [1.54, 1.807) is 17.4 Å². The fraction of sp³-hybridized carbons (Fsp3) is 0. The SMILES string of the molecule is N[NH+]1[N-]C=CN1c1cccnc1I. The van der Waals surface area contributed by atoms with E-state index in [4.69, 9.17) is 5.84 Å². The Morgan fingerprint density at radius 1 is 1.62 bits per heavy atom. The van der Waals surface area contributed by atoms with Crippen LogP contribution in [0.15, 0.2) is 30.7 Å². The molecule has 1 aliphatic rings. The molecule has 0 bridgehead atoms. The van der Waals surface area contributed by atoms with Crippen molar-refractivity contribution in [1.29, 1.82) is 0 Å². The Kier molecular flexibility index (Phi) is 2.34. The Morgan fingerprint density at radius 2 is 2.46 bits per heavy atom. The standard InChI is InChI=1S/C7H8IN5/c8-7-6(2-1-3-10-7)12-5-4-11-13(12)9/h1-5,13H,9H2. The summed E-state index contributed by atoms with van der Waals surface area (Å²) in [4.78, 5) is 4.16. The average Bonchev–Trinajstić information content (AvgIpc) is 2.52. The van der Waals surface area contributed by atoms with Crippen molar-refractivity contribution in [2.75, 3.05) is 5.01 Å². The van der Waals surface area contributed by atoms with E-state index >= 15 is 0 Å². The summed E-state index contributed by atoms with van der Waals surface area (Å²) in [6.45, 7) is 0. The van der Waals surface area contributed by atoms with Gasteiger partial charge in [-0.05, 0) is 34.7 Å². The van der Waals surface area contributed by atoms with Gasteiger partial charge < -0.3 is 5.43 Å². The van der Waals surface area contributed by atoms with Gasteiger partial charge in [0.25, 0.3) is 0 Å². The van der Waals surface area contributed by atoms with Gasteiger partial charge in [0.2, 0.25) is 0 Å². The van der Waals surface area contributed by atoms with E-state index in [2.05, 4.69) is 33.0 Å². The quantitative estimate of drug-likeness (QED) is 0.432. The van der Waals surface area contributed by atoms with Gasteiger partial charge in [-0.3, -0.25) is 0 Å². The molecule has 1 unspecified atom stereocenters. The van der Waals surface area contributed by atoms with E-state index in [9.17, 15) is 0 Å². The van der Waals surface area contributed by atoms with Crippen molar-refractivity contribution in [2.24, 2.45) is 5.84 Å². The first-order valence-corrected chi connectivity index (χ1v) is 4.76. The van der Waals surface area contributed by atoms with Crippen molar-refractivity contribution < 1.29 is 5.23 Å². The van der Waals surface area contributed by atoms with Crippen LogP contribution in [0.3, 0.4) is 0 Å². The molecule has 2 rings (SSSR count). The predicted octanol–water partition coefficient (Wildman–Crippen LogP) is -0.0603. The normalized spacial score (nSPS) is 20.5. The minimum atomic E-state index is 0.478. The summed E-state index contributed by atoms with van der Waals surface area (Å²) in [5.41, 5.74) is 4.90. The summed E-state index contributed by atoms with van der Waals surface area (Å²) >= 11 is 2.16. The van der Waals surface area contributed by atoms with Gasteiger partial charge in [-0.1, -0.05) is 0 Å². The van der Waals surface area contributed by atoms with Crippen LogP contribution in [0.1, 0.15) is 0 Å². The molecule has 13 heavy (non-hydrogen) atoms. The highest BCUT2D eigenvalue weighted by Crippen LogP contribution is 2.18. The zero-order valence-electron chi connectivity index (χ0n) is 6.68. The molecule has 6 heteroatoms. The Morgan fingerprint density at radius 3 is 3.08 bits per heavy atom. The number of hydrogen-bond acceptors (Lipinski definition) is 3. The van der Waals surface area contributed by atoms with Crippen LogP contribution in [-0.4, -0.2) is 4.98 Å². The molecule has 1 aliphatic heterocycles. The third kappa shape index (κ3) is 1.60. The molecule has 0 aromatic carbocycles. The summed E-state index contributed by atoms with van der Waals surface area (Å²) < 4.78 is 0.907. The van der Waals surface area contributed by atoms with Crippen LogP contribution in [-0.2, 0) is 0 Å². The van der Waals surface area contributed by atoms with Gasteiger partial charge >= 0.3 is 0 Å². The Bertz CT molecular complexity index is 339. The van der Waals surface area contributed by atoms with Gasteiger partial charge in [-0.15, -0.1) is 6.20 Å². The third-order valence-corrected chi connectivity index (χ3v) is 2.50. The van der Waals surface area contributed by atoms with E-state index in [1.165, 1.54) is 0 Å². The minimum absolute atomic E-state index is 0.478. The molecule has 0 spiro atoms. The first kappa shape index (κ1) is 8.73. The number of aromatic nitrogens is 1. The highest BCUT2D eigenvalue weighted by molar-refractivity contribution is 14.1. The van der Waals surface area contributed by atoms with E-state index in [-0.39, 0.29) is 0 Å². The fourth-order valence-corrected chi connectivity index (χ4v) is 1.68. The second kappa shape index (κ2) is 3.48. The summed E-state index contributed by atoms with van der Waals surface area (Å²) in [5, 5.41) is 2.28. The number of quaternary nitrogens is 1. The molecule has 68 valence electrons. The van der Waals surface area contributed by atoms with E-state index in [1.807, 2.05) is 18.3 Å². The van der Waals surface area contributed by atoms with Crippen LogP contribution in [0.4, 0.5) is 5.69 Å². The van der Waals surface area contributed by atoms with Gasteiger partial charge in [0.15, 0.2) is 0 Å². The molecule has 0 saturated carbocycles. The van der Waals surface area contributed by atoms with Gasteiger partial charge in [0.05, 0.1) is 0 Å². The number of nitrogens with two attached hydrogens (primary N) is 1. The smallest absolute Gasteiger partial charge is 0.130 e. The first-order chi connectivity index (χ1) is 6.29. The number of hydrogen-bond donors (Lipinski definition) is 2. The van der Waals surface area contributed by atoms with E-state index in [0.717, 1.165) is 9.39 Å². The highest BCUT2D eigenvalue weighted by atomic mass is 127. The largest absolute Gasteiger partial charge is 0.447 e. The molecule has 0 aliphatic carbocycles. The van der Waals surface area contributed by atoms with Crippen molar-refractivity contribution >= 4 is 28.3 Å². The van der Waals surface area contributed by atoms with Crippen LogP contribution in [0, 0.1) is 3.70 Å². The van der Waals surface area contributed by atoms with Crippen molar-refractivity contribution in [3.8, 4) is 0 Å². The summed E-state index contributed by atoms with van der Waals surface area (Å²) in [7, 11) is 0. The van der Waals surface area contributed by atoms with Crippen LogP contribution in [0.5, 0.6) is 0 Å². The van der Waals surface area contributed by atoms with Gasteiger partial charge in [0, 0.05) is 12.4 Å². The number of pyridine rings is 1. The zero-order chi connectivity index (χ0) is 9.26. The van der Waals surface area contributed by atoms with Crippen LogP contribution < -0.4 is 16.1 Å². The van der Waals surface area contributed by atoms with Crippen molar-refractivity contribution in [2.45, 2.75) is 0 Å². The predicted molar refractivity (Wildman–Crippen MR) is 57.1 cm³/mol. The first-order valence-electron chi connectivity index (χ1n) is 3.69. The lowest BCUT2D eigenvalue weighted by molar-refractivity contribution is -0.872. The molecule has 1 atom stereocenters. The molecule has 0 saturated heterocycles. The molecular formula is C7H8IN5. The second-order valence-electron chi connectivity index (χ2n) is 2.47. The number of rotatable bonds is 1. The van der Waals surface area contributed by atoms with E-state index in [0.29, 0.717) is 5.23 Å². The lowest BCUT2D eigenvalue weighted by Gasteiger charge is -2.26. The Hall–Kier alpha value is -0.860. The maximum absolute atomic E-state index is 5.66. The van der Waals surface area contributed by atoms with Crippen LogP contribution in [0.25, 0.3) is 5.43 Å². The molecule has 1 aromatic heterocycles. The second-order valence-corrected chi connectivity index (χ2v) is 3.49. The molecule has 5 nitrogen and oxygen atoms in total. The van der Waals surface area contributed by atoms with Crippen molar-refractivity contribution in [3.63, 3.8) is 0 Å². The summed E-state index contributed by atoms with van der Waals surface area (Å²) in [6.07, 6.45) is 5.23. The van der Waals surface area contributed by atoms with Gasteiger partial charge in [0.1, 0.15) is 9.39 Å². The minimum Gasteiger partial charge on any atom is -0.447 e. The lowest BCUT2D eigenvalue weighted by Crippen LogP contribution is -3.18. The molecular weight excluding hydrogens is 281 g/mol. The Labute approximate surface area is 89.3 Å². The van der Waals surface area contributed by atoms with Gasteiger partial charge in [-0.2, -0.15) is 16.1 Å². The lowest BCUT2D eigenvalue weighted by atomic mass is 10.4. The highest BCUT2D eigenvalue weighted by Gasteiger charge is 2.14. The molecule has 1 aromatic rings. The monoisotopic (exact) mass is 289 g/mol. The number of nitrogens with zero attached hydrogens (tertiary/aromatic N) is 3. The number of nitrogens with one attached hydrogen (secondary N) is 1. The zero-order valence-corrected chi connectivity index (χ0v) is 8.84. The number of halogens is 1. The topological polar surface area (TPSA) is 60.7 Å². The van der Waals surface area contributed by atoms with E-state index < -0.39 is 0 Å². The maximum atomic E-state index is 5.66. The van der Waals surface area contributed by atoms with Crippen LogP contribution in [0.2, 0.25) is 0 Å². The molecule has 0 amide bonds. The van der Waals surface area contributed by atoms with Gasteiger partial charge in [-0.25, -0.2) is 4.98 Å². The third-order valence-electron chi connectivity index (χ3n) is 1.67. The molecule has 3 N–H and O–H groups in total. The number of anilines is 1. The van der Waals surface area contributed by atoms with Crippen molar-refractivity contribution in [1.82, 2.24) is 4.98 Å². The van der Waals surface area contributed by atoms with Crippen molar-refractivity contribution in [3.05, 3.63) is 39.9 Å². The summed E-state index contributed by atoms with van der Waals surface area (Å²) in [5.74, 6) is 5.66. The molecule has 2 heterocycles. The summed E-state index contributed by atoms with van der Waals surface area (Å²) in [6, 6.07) is 3.82. The van der Waals surface area contributed by atoms with Crippen LogP contribution >= 0.6 is 22.6 Å². The molecule has 0 fully saturated rings. The molecule has 0 radical (unpaired) electrons. The average molecular weight is 289 g/mol.